The van der Waals surface area contributed by atoms with Crippen molar-refractivity contribution in [2.24, 2.45) is 0 Å². The standard InChI is InChI=1S/C13H7F4NO/c14-7-4-5-8(10(16)6-7)13(19)18-11-3-1-2-9(15)12(11)17/h1-6H,(H,18,19). The summed E-state index contributed by atoms with van der Waals surface area (Å²) in [5.41, 5.74) is -0.890. The predicted molar refractivity (Wildman–Crippen MR) is 60.7 cm³/mol. The molecule has 2 rings (SSSR count). The summed E-state index contributed by atoms with van der Waals surface area (Å²) < 4.78 is 52.2. The lowest BCUT2D eigenvalue weighted by molar-refractivity contribution is 0.102. The second-order valence-electron chi connectivity index (χ2n) is 3.68. The third-order valence-electron chi connectivity index (χ3n) is 2.38. The summed E-state index contributed by atoms with van der Waals surface area (Å²) in [6.07, 6.45) is 0. The van der Waals surface area contributed by atoms with E-state index in [4.69, 9.17) is 0 Å². The molecule has 0 atom stereocenters. The summed E-state index contributed by atoms with van der Waals surface area (Å²) >= 11 is 0. The maximum absolute atomic E-state index is 13.3. The van der Waals surface area contributed by atoms with Crippen LogP contribution in [0.2, 0.25) is 0 Å². The Morgan fingerprint density at radius 3 is 2.37 bits per heavy atom. The Hall–Kier alpha value is -2.37. The average Bonchev–Trinajstić information content (AvgIpc) is 2.34. The minimum Gasteiger partial charge on any atom is -0.319 e. The monoisotopic (exact) mass is 269 g/mol. The van der Waals surface area contributed by atoms with Crippen molar-refractivity contribution in [3.05, 3.63) is 65.2 Å². The molecule has 6 heteroatoms. The fraction of sp³-hybridized carbons (Fsp3) is 0. The van der Waals surface area contributed by atoms with Crippen molar-refractivity contribution in [2.75, 3.05) is 5.32 Å². The van der Waals surface area contributed by atoms with Gasteiger partial charge in [0, 0.05) is 6.07 Å². The third-order valence-corrected chi connectivity index (χ3v) is 2.38. The highest BCUT2D eigenvalue weighted by molar-refractivity contribution is 6.04. The number of hydrogen-bond acceptors (Lipinski definition) is 1. The van der Waals surface area contributed by atoms with Gasteiger partial charge in [-0.25, -0.2) is 17.6 Å². The molecular formula is C13H7F4NO. The Bertz CT molecular complexity index is 643. The SMILES string of the molecule is O=C(Nc1cccc(F)c1F)c1ccc(F)cc1F. The van der Waals surface area contributed by atoms with Crippen LogP contribution in [0.25, 0.3) is 0 Å². The molecule has 0 radical (unpaired) electrons. The third kappa shape index (κ3) is 2.73. The molecule has 0 spiro atoms. The molecule has 0 heterocycles. The molecule has 0 bridgehead atoms. The van der Waals surface area contributed by atoms with E-state index in [-0.39, 0.29) is 0 Å². The molecule has 0 fully saturated rings. The number of amides is 1. The van der Waals surface area contributed by atoms with Gasteiger partial charge in [0.05, 0.1) is 11.3 Å². The summed E-state index contributed by atoms with van der Waals surface area (Å²) in [7, 11) is 0. The van der Waals surface area contributed by atoms with Gasteiger partial charge in [-0.15, -0.1) is 0 Å². The van der Waals surface area contributed by atoms with Crippen molar-refractivity contribution in [2.45, 2.75) is 0 Å². The van der Waals surface area contributed by atoms with E-state index in [1.807, 2.05) is 5.32 Å². The molecule has 98 valence electrons. The molecule has 0 saturated carbocycles. The van der Waals surface area contributed by atoms with Gasteiger partial charge >= 0.3 is 0 Å². The van der Waals surface area contributed by atoms with Gasteiger partial charge in [-0.2, -0.15) is 0 Å². The van der Waals surface area contributed by atoms with Crippen molar-refractivity contribution < 1.29 is 22.4 Å². The minimum absolute atomic E-state index is 0.422. The molecule has 1 N–H and O–H groups in total. The van der Waals surface area contributed by atoms with Crippen LogP contribution in [-0.2, 0) is 0 Å². The van der Waals surface area contributed by atoms with Crippen LogP contribution in [0.3, 0.4) is 0 Å². The van der Waals surface area contributed by atoms with Gasteiger partial charge in [0.2, 0.25) is 0 Å². The maximum atomic E-state index is 13.3. The van der Waals surface area contributed by atoms with Gasteiger partial charge in [0.15, 0.2) is 11.6 Å². The van der Waals surface area contributed by atoms with Crippen molar-refractivity contribution in [3.8, 4) is 0 Å². The van der Waals surface area contributed by atoms with Crippen LogP contribution < -0.4 is 5.32 Å². The quantitative estimate of drug-likeness (QED) is 0.831. The highest BCUT2D eigenvalue weighted by Gasteiger charge is 2.15. The Labute approximate surface area is 105 Å². The van der Waals surface area contributed by atoms with Gasteiger partial charge in [-0.3, -0.25) is 4.79 Å². The van der Waals surface area contributed by atoms with Crippen molar-refractivity contribution in [1.82, 2.24) is 0 Å². The number of nitrogens with one attached hydrogen (secondary N) is 1. The molecule has 1 amide bonds. The number of benzene rings is 2. The van der Waals surface area contributed by atoms with Crippen LogP contribution in [-0.4, -0.2) is 5.91 Å². The Morgan fingerprint density at radius 1 is 0.947 bits per heavy atom. The number of carbonyl (C=O) groups is 1. The average molecular weight is 269 g/mol. The first-order valence-electron chi connectivity index (χ1n) is 5.19. The molecule has 0 saturated heterocycles. The lowest BCUT2D eigenvalue weighted by Crippen LogP contribution is -2.15. The van der Waals surface area contributed by atoms with E-state index >= 15 is 0 Å². The van der Waals surface area contributed by atoms with Crippen LogP contribution in [0.4, 0.5) is 23.2 Å². The molecule has 0 aliphatic heterocycles. The van der Waals surface area contributed by atoms with E-state index in [1.165, 1.54) is 6.07 Å². The summed E-state index contributed by atoms with van der Waals surface area (Å²) in [5, 5.41) is 2.01. The Balaban J connectivity index is 2.28. The highest BCUT2D eigenvalue weighted by Crippen LogP contribution is 2.18. The van der Waals surface area contributed by atoms with Gasteiger partial charge in [0.1, 0.15) is 11.6 Å². The molecule has 2 nitrogen and oxygen atoms in total. The van der Waals surface area contributed by atoms with Crippen molar-refractivity contribution >= 4 is 11.6 Å². The molecule has 0 aliphatic rings. The van der Waals surface area contributed by atoms with E-state index < -0.39 is 40.4 Å². The molecule has 19 heavy (non-hydrogen) atoms. The summed E-state index contributed by atoms with van der Waals surface area (Å²) in [6.45, 7) is 0. The fourth-order valence-corrected chi connectivity index (χ4v) is 1.46. The molecule has 0 unspecified atom stereocenters. The first-order valence-corrected chi connectivity index (χ1v) is 5.19. The summed E-state index contributed by atoms with van der Waals surface area (Å²) in [5.74, 6) is -5.32. The molecular weight excluding hydrogens is 262 g/mol. The smallest absolute Gasteiger partial charge is 0.258 e. The first-order chi connectivity index (χ1) is 8.99. The predicted octanol–water partition coefficient (Wildman–Crippen LogP) is 3.50. The maximum Gasteiger partial charge on any atom is 0.258 e. The van der Waals surface area contributed by atoms with E-state index in [9.17, 15) is 22.4 Å². The molecule has 2 aromatic carbocycles. The Kier molecular flexibility index (Phi) is 3.50. The molecule has 0 aliphatic carbocycles. The lowest BCUT2D eigenvalue weighted by atomic mass is 10.2. The van der Waals surface area contributed by atoms with E-state index in [0.29, 0.717) is 6.07 Å². The van der Waals surface area contributed by atoms with Crippen LogP contribution >= 0.6 is 0 Å². The zero-order valence-corrected chi connectivity index (χ0v) is 9.38. The Morgan fingerprint density at radius 2 is 1.68 bits per heavy atom. The normalized spacial score (nSPS) is 10.3. The van der Waals surface area contributed by atoms with Gasteiger partial charge < -0.3 is 5.32 Å². The topological polar surface area (TPSA) is 29.1 Å². The van der Waals surface area contributed by atoms with E-state index in [2.05, 4.69) is 0 Å². The van der Waals surface area contributed by atoms with Crippen molar-refractivity contribution in [1.29, 1.82) is 0 Å². The van der Waals surface area contributed by atoms with Crippen LogP contribution in [0.15, 0.2) is 36.4 Å². The number of carbonyl (C=O) groups excluding carboxylic acids is 1. The van der Waals surface area contributed by atoms with Gasteiger partial charge in [-0.1, -0.05) is 6.07 Å². The fourth-order valence-electron chi connectivity index (χ4n) is 1.46. The number of rotatable bonds is 2. The van der Waals surface area contributed by atoms with Crippen LogP contribution in [0, 0.1) is 23.3 Å². The second kappa shape index (κ2) is 5.09. The highest BCUT2D eigenvalue weighted by atomic mass is 19.2. The van der Waals surface area contributed by atoms with Crippen LogP contribution in [0.1, 0.15) is 10.4 Å². The second-order valence-corrected chi connectivity index (χ2v) is 3.68. The number of anilines is 1. The van der Waals surface area contributed by atoms with Crippen molar-refractivity contribution in [3.63, 3.8) is 0 Å². The zero-order chi connectivity index (χ0) is 14.0. The lowest BCUT2D eigenvalue weighted by Gasteiger charge is -2.07. The van der Waals surface area contributed by atoms with E-state index in [0.717, 1.165) is 24.3 Å². The zero-order valence-electron chi connectivity index (χ0n) is 9.38. The minimum atomic E-state index is -1.25. The van der Waals surface area contributed by atoms with E-state index in [1.54, 1.807) is 0 Å². The summed E-state index contributed by atoms with van der Waals surface area (Å²) in [6, 6.07) is 5.52. The molecule has 2 aromatic rings. The van der Waals surface area contributed by atoms with Gasteiger partial charge in [-0.05, 0) is 24.3 Å². The number of halogens is 4. The first kappa shape index (κ1) is 13.1. The van der Waals surface area contributed by atoms with Gasteiger partial charge in [0.25, 0.3) is 5.91 Å². The largest absolute Gasteiger partial charge is 0.319 e. The molecule has 0 aromatic heterocycles. The number of hydrogen-bond donors (Lipinski definition) is 1. The summed E-state index contributed by atoms with van der Waals surface area (Å²) in [4.78, 5) is 11.6. The van der Waals surface area contributed by atoms with Crippen LogP contribution in [0.5, 0.6) is 0 Å².